The van der Waals surface area contributed by atoms with Crippen LogP contribution in [0.15, 0.2) is 76.3 Å². The molecule has 0 radical (unpaired) electrons. The summed E-state index contributed by atoms with van der Waals surface area (Å²) in [7, 11) is 0. The second kappa shape index (κ2) is 8.12. The van der Waals surface area contributed by atoms with Crippen molar-refractivity contribution in [3.63, 3.8) is 0 Å². The molecular weight excluding hydrogens is 464 g/mol. The second-order valence-corrected chi connectivity index (χ2v) is 9.82. The van der Waals surface area contributed by atoms with Crippen molar-refractivity contribution in [2.75, 3.05) is 0 Å². The van der Waals surface area contributed by atoms with Gasteiger partial charge >= 0.3 is 0 Å². The van der Waals surface area contributed by atoms with Gasteiger partial charge in [-0.3, -0.25) is 4.79 Å². The van der Waals surface area contributed by atoms with E-state index in [-0.39, 0.29) is 5.56 Å². The number of hydrogen-bond donors (Lipinski definition) is 0. The molecule has 0 saturated carbocycles. The third-order valence-electron chi connectivity index (χ3n) is 5.50. The van der Waals surface area contributed by atoms with Crippen LogP contribution in [0, 0.1) is 13.8 Å². The molecule has 1 aromatic carbocycles. The van der Waals surface area contributed by atoms with Gasteiger partial charge in [0.2, 0.25) is 0 Å². The first-order valence-corrected chi connectivity index (χ1v) is 12.3. The van der Waals surface area contributed by atoms with Crippen molar-refractivity contribution in [1.29, 1.82) is 0 Å². The summed E-state index contributed by atoms with van der Waals surface area (Å²) >= 11 is 2.97. The van der Waals surface area contributed by atoms with Gasteiger partial charge in [-0.1, -0.05) is 24.3 Å². The van der Waals surface area contributed by atoms with E-state index in [0.717, 1.165) is 43.3 Å². The lowest BCUT2D eigenvalue weighted by atomic mass is 10.1. The standard InChI is InChI=1S/C25H18N6OS2/c1-15-11-16(2)28-24-20(15)22-23(34-24)25(32)31(14-26-22)27-12-17-13-30(18-7-4-3-5-8-18)29-21(17)19-9-6-10-33-19/h3-14H,1-2H3/b27-12+. The summed E-state index contributed by atoms with van der Waals surface area (Å²) in [6.07, 6.45) is 5.05. The molecule has 0 saturated heterocycles. The molecule has 0 atom stereocenters. The number of rotatable bonds is 4. The molecule has 34 heavy (non-hydrogen) atoms. The van der Waals surface area contributed by atoms with Crippen molar-refractivity contribution >= 4 is 49.3 Å². The first kappa shape index (κ1) is 20.6. The summed E-state index contributed by atoms with van der Waals surface area (Å²) in [4.78, 5) is 24.2. The average Bonchev–Trinajstić information content (AvgIpc) is 3.57. The van der Waals surface area contributed by atoms with Crippen molar-refractivity contribution in [3.05, 3.63) is 93.6 Å². The number of para-hydroxylation sites is 1. The third-order valence-corrected chi connectivity index (χ3v) is 7.44. The minimum absolute atomic E-state index is 0.213. The van der Waals surface area contributed by atoms with Crippen LogP contribution in [0.5, 0.6) is 0 Å². The van der Waals surface area contributed by atoms with Gasteiger partial charge < -0.3 is 0 Å². The SMILES string of the molecule is Cc1cc(C)c2c(n1)sc1c(=O)n(/N=C/c3cn(-c4ccccc4)nc3-c3cccs3)cnc12. The zero-order chi connectivity index (χ0) is 23.2. The predicted molar refractivity (Wildman–Crippen MR) is 139 cm³/mol. The van der Waals surface area contributed by atoms with E-state index in [2.05, 4.69) is 15.1 Å². The van der Waals surface area contributed by atoms with Crippen molar-refractivity contribution in [3.8, 4) is 16.3 Å². The van der Waals surface area contributed by atoms with Gasteiger partial charge in [0.25, 0.3) is 5.56 Å². The number of nitrogens with zero attached hydrogens (tertiary/aromatic N) is 6. The van der Waals surface area contributed by atoms with E-state index in [9.17, 15) is 4.79 Å². The van der Waals surface area contributed by atoms with Crippen molar-refractivity contribution in [2.24, 2.45) is 5.10 Å². The molecule has 0 fully saturated rings. The summed E-state index contributed by atoms with van der Waals surface area (Å²) in [5, 5.41) is 12.2. The zero-order valence-corrected chi connectivity index (χ0v) is 20.0. The lowest BCUT2D eigenvalue weighted by Gasteiger charge is -1.99. The molecule has 6 aromatic rings. The van der Waals surface area contributed by atoms with E-state index in [0.29, 0.717) is 10.2 Å². The van der Waals surface area contributed by atoms with Crippen molar-refractivity contribution in [2.45, 2.75) is 13.8 Å². The van der Waals surface area contributed by atoms with Crippen LogP contribution in [0.3, 0.4) is 0 Å². The Balaban J connectivity index is 1.46. The Hall–Kier alpha value is -3.95. The maximum absolute atomic E-state index is 13.2. The van der Waals surface area contributed by atoms with Gasteiger partial charge in [-0.15, -0.1) is 22.7 Å². The zero-order valence-electron chi connectivity index (χ0n) is 18.3. The molecule has 9 heteroatoms. The van der Waals surface area contributed by atoms with E-state index in [1.54, 1.807) is 17.6 Å². The highest BCUT2D eigenvalue weighted by molar-refractivity contribution is 7.25. The smallest absolute Gasteiger partial charge is 0.266 e. The lowest BCUT2D eigenvalue weighted by Crippen LogP contribution is -2.15. The molecule has 0 bridgehead atoms. The quantitative estimate of drug-likeness (QED) is 0.314. The fraction of sp³-hybridized carbons (Fsp3) is 0.0800. The van der Waals surface area contributed by atoms with E-state index < -0.39 is 0 Å². The van der Waals surface area contributed by atoms with E-state index >= 15 is 0 Å². The van der Waals surface area contributed by atoms with Crippen LogP contribution in [0.4, 0.5) is 0 Å². The summed E-state index contributed by atoms with van der Waals surface area (Å²) in [5.41, 5.74) is 5.02. The number of thiophene rings is 2. The van der Waals surface area contributed by atoms with Gasteiger partial charge in [-0.2, -0.15) is 14.9 Å². The number of aryl methyl sites for hydroxylation is 2. The second-order valence-electron chi connectivity index (χ2n) is 7.87. The van der Waals surface area contributed by atoms with Crippen LogP contribution in [0.2, 0.25) is 0 Å². The van der Waals surface area contributed by atoms with Crippen LogP contribution < -0.4 is 5.56 Å². The molecule has 0 aliphatic carbocycles. The van der Waals surface area contributed by atoms with Crippen LogP contribution in [0.1, 0.15) is 16.8 Å². The Morgan fingerprint density at radius 1 is 1.09 bits per heavy atom. The van der Waals surface area contributed by atoms with Crippen LogP contribution in [-0.2, 0) is 0 Å². The normalized spacial score (nSPS) is 11.8. The van der Waals surface area contributed by atoms with Crippen LogP contribution >= 0.6 is 22.7 Å². The maximum atomic E-state index is 13.2. The fourth-order valence-electron chi connectivity index (χ4n) is 3.97. The number of aromatic nitrogens is 5. The van der Waals surface area contributed by atoms with Gasteiger partial charge in [-0.25, -0.2) is 14.6 Å². The van der Waals surface area contributed by atoms with Crippen LogP contribution in [-0.4, -0.2) is 30.6 Å². The monoisotopic (exact) mass is 482 g/mol. The molecule has 5 aromatic heterocycles. The summed E-state index contributed by atoms with van der Waals surface area (Å²) in [5.74, 6) is 0. The number of hydrogen-bond acceptors (Lipinski definition) is 7. The van der Waals surface area contributed by atoms with Gasteiger partial charge in [0.15, 0.2) is 0 Å². The number of pyridine rings is 1. The van der Waals surface area contributed by atoms with Gasteiger partial charge in [0.05, 0.1) is 22.3 Å². The predicted octanol–water partition coefficient (Wildman–Crippen LogP) is 5.42. The highest BCUT2D eigenvalue weighted by Gasteiger charge is 2.15. The average molecular weight is 483 g/mol. The third kappa shape index (κ3) is 3.46. The molecular formula is C25H18N6OS2. The molecule has 0 aliphatic heterocycles. The Labute approximate surface area is 202 Å². The Bertz CT molecular complexity index is 1740. The minimum Gasteiger partial charge on any atom is -0.266 e. The molecule has 0 unspecified atom stereocenters. The molecule has 5 heterocycles. The highest BCUT2D eigenvalue weighted by atomic mass is 32.1. The molecule has 166 valence electrons. The van der Waals surface area contributed by atoms with E-state index in [4.69, 9.17) is 5.10 Å². The first-order valence-electron chi connectivity index (χ1n) is 10.6. The largest absolute Gasteiger partial charge is 0.291 e. The minimum atomic E-state index is -0.213. The van der Waals surface area contributed by atoms with Crippen molar-refractivity contribution < 1.29 is 0 Å². The van der Waals surface area contributed by atoms with E-state index in [1.807, 2.05) is 78.6 Å². The molecule has 0 amide bonds. The Kier molecular flexibility index (Phi) is 4.93. The van der Waals surface area contributed by atoms with Crippen molar-refractivity contribution in [1.82, 2.24) is 24.4 Å². The van der Waals surface area contributed by atoms with Gasteiger partial charge in [0.1, 0.15) is 21.6 Å². The Morgan fingerprint density at radius 2 is 1.94 bits per heavy atom. The maximum Gasteiger partial charge on any atom is 0.291 e. The van der Waals surface area contributed by atoms with E-state index in [1.165, 1.54) is 22.3 Å². The Morgan fingerprint density at radius 3 is 2.74 bits per heavy atom. The topological polar surface area (TPSA) is 78.0 Å². The van der Waals surface area contributed by atoms with Crippen LogP contribution in [0.25, 0.3) is 36.7 Å². The number of fused-ring (bicyclic) bond motifs is 3. The molecule has 7 nitrogen and oxygen atoms in total. The van der Waals surface area contributed by atoms with Gasteiger partial charge in [0, 0.05) is 22.8 Å². The molecule has 0 spiro atoms. The molecule has 0 aliphatic rings. The number of benzene rings is 1. The highest BCUT2D eigenvalue weighted by Crippen LogP contribution is 2.31. The fourth-order valence-corrected chi connectivity index (χ4v) is 5.87. The summed E-state index contributed by atoms with van der Waals surface area (Å²) in [6.45, 7) is 3.97. The summed E-state index contributed by atoms with van der Waals surface area (Å²) < 4.78 is 3.65. The first-order chi connectivity index (χ1) is 16.6. The summed E-state index contributed by atoms with van der Waals surface area (Å²) in [6, 6.07) is 15.9. The lowest BCUT2D eigenvalue weighted by molar-refractivity contribution is 0.819. The van der Waals surface area contributed by atoms with Gasteiger partial charge in [-0.05, 0) is 49.1 Å². The molecule has 0 N–H and O–H groups in total. The molecule has 6 rings (SSSR count).